The standard InChI is InChI=1S/C17H27N5O3/c1-21-9-11-22(12-10-21)17(23)20-13-3-5-14(6-4-13)25-16-15(24-2)18-7-8-19-16/h7-8,13-14H,3-6,9-12H2,1-2H3,(H,20,23). The summed E-state index contributed by atoms with van der Waals surface area (Å²) in [6, 6.07) is 0.281. The number of urea groups is 1. The van der Waals surface area contributed by atoms with Gasteiger partial charge in [-0.05, 0) is 32.7 Å². The van der Waals surface area contributed by atoms with E-state index in [4.69, 9.17) is 9.47 Å². The summed E-state index contributed by atoms with van der Waals surface area (Å²) < 4.78 is 11.1. The first kappa shape index (κ1) is 17.7. The first-order chi connectivity index (χ1) is 12.2. The third-order valence-electron chi connectivity index (χ3n) is 4.90. The molecule has 2 heterocycles. The fourth-order valence-electron chi connectivity index (χ4n) is 3.29. The smallest absolute Gasteiger partial charge is 0.317 e. The number of nitrogens with zero attached hydrogens (tertiary/aromatic N) is 4. The largest absolute Gasteiger partial charge is 0.477 e. The number of hydrogen-bond acceptors (Lipinski definition) is 6. The van der Waals surface area contributed by atoms with Crippen molar-refractivity contribution in [2.24, 2.45) is 0 Å². The number of carbonyl (C=O) groups is 1. The third kappa shape index (κ3) is 4.72. The van der Waals surface area contributed by atoms with Crippen LogP contribution in [0.15, 0.2) is 12.4 Å². The number of amides is 2. The minimum absolute atomic E-state index is 0.0630. The predicted molar refractivity (Wildman–Crippen MR) is 92.9 cm³/mol. The van der Waals surface area contributed by atoms with E-state index in [1.165, 1.54) is 0 Å². The Morgan fingerprint density at radius 1 is 1.08 bits per heavy atom. The topological polar surface area (TPSA) is 79.8 Å². The molecule has 0 bridgehead atoms. The molecular weight excluding hydrogens is 322 g/mol. The fraction of sp³-hybridized carbons (Fsp3) is 0.706. The van der Waals surface area contributed by atoms with Crippen LogP contribution in [0.3, 0.4) is 0 Å². The number of piperazine rings is 1. The van der Waals surface area contributed by atoms with Crippen LogP contribution in [0.2, 0.25) is 0 Å². The Bertz CT molecular complexity index is 569. The Morgan fingerprint density at radius 3 is 2.36 bits per heavy atom. The third-order valence-corrected chi connectivity index (χ3v) is 4.90. The Kier molecular flexibility index (Phi) is 5.91. The number of likely N-dealkylation sites (N-methyl/N-ethyl adjacent to an activating group) is 1. The molecule has 8 heteroatoms. The van der Waals surface area contributed by atoms with E-state index in [1.807, 2.05) is 4.90 Å². The van der Waals surface area contributed by atoms with Gasteiger partial charge in [-0.3, -0.25) is 0 Å². The molecule has 0 aromatic carbocycles. The van der Waals surface area contributed by atoms with Gasteiger partial charge in [0.25, 0.3) is 11.8 Å². The van der Waals surface area contributed by atoms with Crippen LogP contribution in [0, 0.1) is 0 Å². The maximum Gasteiger partial charge on any atom is 0.317 e. The maximum absolute atomic E-state index is 12.4. The van der Waals surface area contributed by atoms with Crippen molar-refractivity contribution in [3.8, 4) is 11.8 Å². The van der Waals surface area contributed by atoms with E-state index in [1.54, 1.807) is 19.5 Å². The van der Waals surface area contributed by atoms with Crippen LogP contribution < -0.4 is 14.8 Å². The molecule has 1 saturated heterocycles. The van der Waals surface area contributed by atoms with Gasteiger partial charge in [0.05, 0.1) is 7.11 Å². The lowest BCUT2D eigenvalue weighted by Crippen LogP contribution is -2.53. The highest BCUT2D eigenvalue weighted by Gasteiger charge is 2.27. The lowest BCUT2D eigenvalue weighted by atomic mass is 9.93. The first-order valence-electron chi connectivity index (χ1n) is 8.91. The van der Waals surface area contributed by atoms with E-state index in [-0.39, 0.29) is 18.2 Å². The summed E-state index contributed by atoms with van der Waals surface area (Å²) in [7, 11) is 3.64. The number of carbonyl (C=O) groups excluding carboxylic acids is 1. The van der Waals surface area contributed by atoms with Crippen molar-refractivity contribution in [3.05, 3.63) is 12.4 Å². The number of rotatable bonds is 4. The van der Waals surface area contributed by atoms with Crippen LogP contribution in [-0.4, -0.2) is 78.3 Å². The predicted octanol–water partition coefficient (Wildman–Crippen LogP) is 1.13. The van der Waals surface area contributed by atoms with E-state index in [9.17, 15) is 4.79 Å². The van der Waals surface area contributed by atoms with E-state index >= 15 is 0 Å². The lowest BCUT2D eigenvalue weighted by Gasteiger charge is -2.35. The number of nitrogens with one attached hydrogen (secondary N) is 1. The molecule has 2 fully saturated rings. The van der Waals surface area contributed by atoms with Gasteiger partial charge >= 0.3 is 6.03 Å². The number of aromatic nitrogens is 2. The van der Waals surface area contributed by atoms with Gasteiger partial charge in [0.15, 0.2) is 0 Å². The van der Waals surface area contributed by atoms with Crippen LogP contribution in [0.5, 0.6) is 11.8 Å². The Morgan fingerprint density at radius 2 is 1.72 bits per heavy atom. The summed E-state index contributed by atoms with van der Waals surface area (Å²) in [6.07, 6.45) is 6.85. The molecule has 1 N–H and O–H groups in total. The SMILES string of the molecule is COc1nccnc1OC1CCC(NC(=O)N2CCN(C)CC2)CC1. The minimum atomic E-state index is 0.0630. The summed E-state index contributed by atoms with van der Waals surface area (Å²) in [5.74, 6) is 0.850. The van der Waals surface area contributed by atoms with Crippen LogP contribution in [0.1, 0.15) is 25.7 Å². The van der Waals surface area contributed by atoms with Crippen LogP contribution in [-0.2, 0) is 0 Å². The Hall–Kier alpha value is -2.09. The van der Waals surface area contributed by atoms with E-state index in [0.29, 0.717) is 11.8 Å². The molecule has 138 valence electrons. The average Bonchev–Trinajstić information content (AvgIpc) is 2.64. The van der Waals surface area contributed by atoms with E-state index < -0.39 is 0 Å². The normalized spacial score (nSPS) is 24.6. The van der Waals surface area contributed by atoms with Crippen molar-refractivity contribution < 1.29 is 14.3 Å². The molecule has 1 aliphatic carbocycles. The molecule has 1 saturated carbocycles. The zero-order chi connectivity index (χ0) is 17.6. The average molecular weight is 349 g/mol. The quantitative estimate of drug-likeness (QED) is 0.878. The molecule has 2 aliphatic rings. The van der Waals surface area contributed by atoms with Crippen LogP contribution in [0.25, 0.3) is 0 Å². The minimum Gasteiger partial charge on any atom is -0.477 e. The van der Waals surface area contributed by atoms with Crippen molar-refractivity contribution in [1.29, 1.82) is 0 Å². The Balaban J connectivity index is 1.43. The van der Waals surface area contributed by atoms with Gasteiger partial charge in [-0.15, -0.1) is 0 Å². The van der Waals surface area contributed by atoms with Gasteiger partial charge in [0.2, 0.25) is 0 Å². The molecule has 0 spiro atoms. The molecule has 25 heavy (non-hydrogen) atoms. The summed E-state index contributed by atoms with van der Waals surface area (Å²) in [6.45, 7) is 3.47. The second kappa shape index (κ2) is 8.33. The molecule has 1 aliphatic heterocycles. The summed E-state index contributed by atoms with van der Waals surface area (Å²) in [4.78, 5) is 24.8. The van der Waals surface area contributed by atoms with Crippen molar-refractivity contribution in [3.63, 3.8) is 0 Å². The highest BCUT2D eigenvalue weighted by atomic mass is 16.5. The van der Waals surface area contributed by atoms with Crippen molar-refractivity contribution in [1.82, 2.24) is 25.1 Å². The molecule has 1 aromatic rings. The monoisotopic (exact) mass is 349 g/mol. The highest BCUT2D eigenvalue weighted by Crippen LogP contribution is 2.27. The van der Waals surface area contributed by atoms with Crippen LogP contribution in [0.4, 0.5) is 4.79 Å². The molecule has 1 aromatic heterocycles. The molecule has 2 amide bonds. The van der Waals surface area contributed by atoms with Crippen LogP contribution >= 0.6 is 0 Å². The second-order valence-corrected chi connectivity index (χ2v) is 6.70. The molecular formula is C17H27N5O3. The first-order valence-corrected chi connectivity index (χ1v) is 8.91. The summed E-state index contributed by atoms with van der Waals surface area (Å²) in [5, 5.41) is 3.17. The Labute approximate surface area is 148 Å². The van der Waals surface area contributed by atoms with E-state index in [0.717, 1.165) is 51.9 Å². The van der Waals surface area contributed by atoms with Gasteiger partial charge in [0.1, 0.15) is 6.10 Å². The fourth-order valence-corrected chi connectivity index (χ4v) is 3.29. The molecule has 8 nitrogen and oxygen atoms in total. The van der Waals surface area contributed by atoms with Crippen molar-refractivity contribution in [2.75, 3.05) is 40.3 Å². The summed E-state index contributed by atoms with van der Waals surface area (Å²) >= 11 is 0. The van der Waals surface area contributed by atoms with Gasteiger partial charge in [-0.25, -0.2) is 14.8 Å². The maximum atomic E-state index is 12.4. The molecule has 3 rings (SSSR count). The number of ether oxygens (including phenoxy) is 2. The second-order valence-electron chi connectivity index (χ2n) is 6.70. The highest BCUT2D eigenvalue weighted by molar-refractivity contribution is 5.74. The molecule has 0 radical (unpaired) electrons. The summed E-state index contributed by atoms with van der Waals surface area (Å²) in [5.41, 5.74) is 0. The molecule has 0 unspecified atom stereocenters. The van der Waals surface area contributed by atoms with Crippen molar-refractivity contribution >= 4 is 6.03 Å². The van der Waals surface area contributed by atoms with E-state index in [2.05, 4.69) is 27.2 Å². The van der Waals surface area contributed by atoms with Gasteiger partial charge in [0, 0.05) is 44.6 Å². The number of methoxy groups -OCH3 is 1. The number of hydrogen-bond donors (Lipinski definition) is 1. The van der Waals surface area contributed by atoms with Gasteiger partial charge in [-0.2, -0.15) is 0 Å². The lowest BCUT2D eigenvalue weighted by molar-refractivity contribution is 0.121. The zero-order valence-electron chi connectivity index (χ0n) is 15.0. The molecule has 0 atom stereocenters. The van der Waals surface area contributed by atoms with Gasteiger partial charge < -0.3 is 24.6 Å². The zero-order valence-corrected chi connectivity index (χ0v) is 15.0. The van der Waals surface area contributed by atoms with Gasteiger partial charge in [-0.1, -0.05) is 0 Å². The van der Waals surface area contributed by atoms with Crippen molar-refractivity contribution in [2.45, 2.75) is 37.8 Å².